The first-order valence-electron chi connectivity index (χ1n) is 11.7. The van der Waals surface area contributed by atoms with Crippen LogP contribution in [0.1, 0.15) is 0 Å². The molecule has 0 aromatic heterocycles. The Morgan fingerprint density at radius 3 is 0.933 bits per heavy atom. The maximum Gasteiger partial charge on any atom is 0.495 e. The standard InChI is InChI=1S/C18H52BFN4Si6/c1-25(2,3)21-17-18-22(26(4,5)6)30(15,16)24(28(10,11)12)19(20)23(27(7,8)9)29(21,13)14/h17-18H2,1-16H3. The van der Waals surface area contributed by atoms with Crippen molar-refractivity contribution in [1.82, 2.24) is 16.7 Å². The van der Waals surface area contributed by atoms with Gasteiger partial charge in [0.05, 0.1) is 0 Å². The van der Waals surface area contributed by atoms with Gasteiger partial charge < -0.3 is 16.7 Å². The highest BCUT2D eigenvalue weighted by atomic mass is 28.4. The number of hydrogen-bond acceptors (Lipinski definition) is 4. The van der Waals surface area contributed by atoms with Crippen LogP contribution in [0.25, 0.3) is 0 Å². The van der Waals surface area contributed by atoms with E-state index in [1.54, 1.807) is 0 Å². The van der Waals surface area contributed by atoms with Crippen LogP contribution < -0.4 is 0 Å². The molecule has 0 bridgehead atoms. The monoisotopic (exact) mass is 522 g/mol. The summed E-state index contributed by atoms with van der Waals surface area (Å²) < 4.78 is 27.9. The molecule has 0 saturated carbocycles. The van der Waals surface area contributed by atoms with E-state index in [0.29, 0.717) is 0 Å². The van der Waals surface area contributed by atoms with Gasteiger partial charge in [0.25, 0.3) is 0 Å². The molecule has 0 unspecified atom stereocenters. The van der Waals surface area contributed by atoms with E-state index in [-0.39, 0.29) is 0 Å². The molecule has 12 heteroatoms. The summed E-state index contributed by atoms with van der Waals surface area (Å²) in [5, 5.41) is 0. The summed E-state index contributed by atoms with van der Waals surface area (Å²) in [6.45, 7) is 40.9. The van der Waals surface area contributed by atoms with E-state index < -0.39 is 57.0 Å². The van der Waals surface area contributed by atoms with Crippen LogP contribution in [0.2, 0.25) is 105 Å². The van der Waals surface area contributed by atoms with Crippen LogP contribution in [-0.4, -0.2) is 86.8 Å². The van der Waals surface area contributed by atoms with Crippen molar-refractivity contribution in [3.63, 3.8) is 0 Å². The molecular formula is C18H52BFN4Si6. The highest BCUT2D eigenvalue weighted by Crippen LogP contribution is 2.37. The normalized spacial score (nSPS) is 24.5. The first-order valence-corrected chi connectivity index (χ1v) is 31.2. The highest BCUT2D eigenvalue weighted by molar-refractivity contribution is 7.07. The SMILES string of the molecule is C[Si](C)(C)N1CCN([Si](C)(C)C)[Si](C)(C)N([Si](C)(C)C)B(F)N([Si](C)(C)C)[Si]1(C)C. The molecule has 0 amide bonds. The second-order valence-corrected chi connectivity index (χ2v) is 43.2. The molecule has 0 aliphatic carbocycles. The summed E-state index contributed by atoms with van der Waals surface area (Å²) in [4.78, 5) is 0. The maximum absolute atomic E-state index is 17.2. The molecule has 0 radical (unpaired) electrons. The molecule has 0 aromatic carbocycles. The lowest BCUT2D eigenvalue weighted by molar-refractivity contribution is 0.496. The van der Waals surface area contributed by atoms with Crippen LogP contribution >= 0.6 is 0 Å². The fourth-order valence-corrected chi connectivity index (χ4v) is 41.1. The molecule has 0 atom stereocenters. The molecule has 1 heterocycles. The zero-order chi connectivity index (χ0) is 24.3. The molecular weight excluding hydrogens is 471 g/mol. The largest absolute Gasteiger partial charge is 0.495 e. The molecule has 1 fully saturated rings. The Kier molecular flexibility index (Phi) is 8.49. The lowest BCUT2D eigenvalue weighted by atomic mass is 10.2. The maximum atomic E-state index is 17.2. The third-order valence-electron chi connectivity index (χ3n) is 6.54. The molecule has 0 spiro atoms. The van der Waals surface area contributed by atoms with Gasteiger partial charge in [0.1, 0.15) is 32.9 Å². The first-order chi connectivity index (χ1) is 12.9. The number of hydrogen-bond donors (Lipinski definition) is 0. The van der Waals surface area contributed by atoms with E-state index in [2.05, 4.69) is 121 Å². The van der Waals surface area contributed by atoms with Crippen molar-refractivity contribution in [2.24, 2.45) is 0 Å². The van der Waals surface area contributed by atoms with Gasteiger partial charge in [-0.15, -0.1) is 0 Å². The number of rotatable bonds is 4. The summed E-state index contributed by atoms with van der Waals surface area (Å²) in [5.41, 5.74) is 0. The summed E-state index contributed by atoms with van der Waals surface area (Å²) >= 11 is 0. The van der Waals surface area contributed by atoms with E-state index in [1.165, 1.54) is 0 Å². The molecule has 1 rings (SSSR count). The van der Waals surface area contributed by atoms with Crippen molar-refractivity contribution in [2.75, 3.05) is 13.1 Å². The molecule has 0 aromatic rings. The Labute approximate surface area is 195 Å². The second-order valence-electron chi connectivity index (χ2n) is 14.0. The van der Waals surface area contributed by atoms with Crippen molar-refractivity contribution in [2.45, 2.75) is 105 Å². The van der Waals surface area contributed by atoms with E-state index in [1.807, 2.05) is 0 Å². The Hall–Kier alpha value is 1.14. The smallest absolute Gasteiger partial charge is 0.333 e. The Bertz CT molecular complexity index is 558. The van der Waals surface area contributed by atoms with E-state index in [9.17, 15) is 0 Å². The van der Waals surface area contributed by atoms with E-state index in [4.69, 9.17) is 0 Å². The van der Waals surface area contributed by atoms with Gasteiger partial charge in [-0.1, -0.05) is 78.6 Å². The summed E-state index contributed by atoms with van der Waals surface area (Å²) in [6, 6.07) is 0. The molecule has 0 N–H and O–H groups in total. The van der Waals surface area contributed by atoms with Crippen LogP contribution in [0.5, 0.6) is 0 Å². The minimum atomic E-state index is -2.16. The third kappa shape index (κ3) is 5.97. The average molecular weight is 523 g/mol. The average Bonchev–Trinajstić information content (AvgIpc) is 2.37. The van der Waals surface area contributed by atoms with E-state index >= 15 is 4.32 Å². The van der Waals surface area contributed by atoms with E-state index in [0.717, 1.165) is 13.1 Å². The molecule has 1 aliphatic heterocycles. The van der Waals surface area contributed by atoms with Crippen molar-refractivity contribution < 1.29 is 4.32 Å². The predicted molar refractivity (Wildman–Crippen MR) is 152 cm³/mol. The van der Waals surface area contributed by atoms with Crippen molar-refractivity contribution in [3.8, 4) is 0 Å². The second kappa shape index (κ2) is 8.73. The third-order valence-corrected chi connectivity index (χ3v) is 34.0. The lowest BCUT2D eigenvalue weighted by Gasteiger charge is -2.58. The summed E-state index contributed by atoms with van der Waals surface area (Å²) in [6.07, 6.45) is 0. The van der Waals surface area contributed by atoms with Crippen LogP contribution in [0, 0.1) is 0 Å². The first kappa shape index (κ1) is 29.2. The number of halogens is 1. The minimum absolute atomic E-state index is 0.956. The molecule has 1 aliphatic rings. The van der Waals surface area contributed by atoms with Crippen LogP contribution in [0.3, 0.4) is 0 Å². The van der Waals surface area contributed by atoms with Gasteiger partial charge in [-0.25, -0.2) is 0 Å². The van der Waals surface area contributed by atoms with Gasteiger partial charge >= 0.3 is 7.26 Å². The molecule has 178 valence electrons. The van der Waals surface area contributed by atoms with Gasteiger partial charge in [-0.05, 0) is 39.3 Å². The Balaban J connectivity index is 3.94. The zero-order valence-corrected chi connectivity index (χ0v) is 29.2. The van der Waals surface area contributed by atoms with Crippen molar-refractivity contribution in [1.29, 1.82) is 0 Å². The number of nitrogens with zero attached hydrogens (tertiary/aromatic N) is 4. The minimum Gasteiger partial charge on any atom is -0.333 e. The lowest BCUT2D eigenvalue weighted by Crippen LogP contribution is -2.82. The zero-order valence-electron chi connectivity index (χ0n) is 23.2. The van der Waals surface area contributed by atoms with Gasteiger partial charge in [0, 0.05) is 0 Å². The molecule has 1 saturated heterocycles. The van der Waals surface area contributed by atoms with Crippen LogP contribution in [-0.2, 0) is 0 Å². The topological polar surface area (TPSA) is 13.0 Å². The Morgan fingerprint density at radius 1 is 0.533 bits per heavy atom. The van der Waals surface area contributed by atoms with Gasteiger partial charge in [-0.2, -0.15) is 0 Å². The fourth-order valence-electron chi connectivity index (χ4n) is 6.24. The fraction of sp³-hybridized carbons (Fsp3) is 1.00. The quantitative estimate of drug-likeness (QED) is 0.426. The predicted octanol–water partition coefficient (Wildman–Crippen LogP) is 5.91. The summed E-state index contributed by atoms with van der Waals surface area (Å²) in [5.74, 6) is 0. The van der Waals surface area contributed by atoms with Gasteiger partial charge in [-0.3, -0.25) is 4.32 Å². The van der Waals surface area contributed by atoms with Gasteiger partial charge in [0.2, 0.25) is 0 Å². The van der Waals surface area contributed by atoms with Gasteiger partial charge in [0.15, 0.2) is 16.8 Å². The van der Waals surface area contributed by atoms with Crippen LogP contribution in [0.4, 0.5) is 4.32 Å². The van der Waals surface area contributed by atoms with Crippen molar-refractivity contribution in [3.05, 3.63) is 0 Å². The summed E-state index contributed by atoms with van der Waals surface area (Å²) in [7, 11) is -12.3. The highest BCUT2D eigenvalue weighted by Gasteiger charge is 2.60. The van der Waals surface area contributed by atoms with Crippen LogP contribution in [0.15, 0.2) is 0 Å². The molecule has 4 nitrogen and oxygen atoms in total. The Morgan fingerprint density at radius 2 is 0.767 bits per heavy atom. The molecule has 30 heavy (non-hydrogen) atoms. The van der Waals surface area contributed by atoms with Crippen molar-refractivity contribution >= 4 is 57.0 Å².